The van der Waals surface area contributed by atoms with Crippen LogP contribution in [-0.4, -0.2) is 26.2 Å². The van der Waals surface area contributed by atoms with E-state index in [1.54, 1.807) is 31.4 Å². The summed E-state index contributed by atoms with van der Waals surface area (Å²) in [7, 11) is 1.54. The zero-order valence-corrected chi connectivity index (χ0v) is 13.3. The van der Waals surface area contributed by atoms with E-state index in [0.29, 0.717) is 30.5 Å². The van der Waals surface area contributed by atoms with Crippen LogP contribution in [0.1, 0.15) is 22.3 Å². The average Bonchev–Trinajstić information content (AvgIpc) is 2.83. The standard InChI is InChI=1S/C18H18FNO4/c1-22-15-10-17-16(23-7-4-8-24-17)9-12(15)11-20-18(21)13-5-2-3-6-14(13)19/h2-3,5-6,9-10H,4,7-8,11H2,1H3,(H,20,21). The second-order valence-electron chi connectivity index (χ2n) is 5.32. The fourth-order valence-corrected chi connectivity index (χ4v) is 2.48. The Morgan fingerprint density at radius 1 is 1.21 bits per heavy atom. The van der Waals surface area contributed by atoms with Gasteiger partial charge in [0.1, 0.15) is 11.6 Å². The summed E-state index contributed by atoms with van der Waals surface area (Å²) in [6, 6.07) is 9.37. The summed E-state index contributed by atoms with van der Waals surface area (Å²) in [5.41, 5.74) is 0.734. The monoisotopic (exact) mass is 331 g/mol. The van der Waals surface area contributed by atoms with Gasteiger partial charge >= 0.3 is 0 Å². The summed E-state index contributed by atoms with van der Waals surface area (Å²) < 4.78 is 30.3. The molecule has 0 saturated heterocycles. The molecular weight excluding hydrogens is 313 g/mol. The molecule has 2 aromatic rings. The lowest BCUT2D eigenvalue weighted by atomic mass is 10.1. The van der Waals surface area contributed by atoms with Gasteiger partial charge in [0.15, 0.2) is 11.5 Å². The molecule has 0 fully saturated rings. The Balaban J connectivity index is 1.78. The predicted molar refractivity (Wildman–Crippen MR) is 86.2 cm³/mol. The molecule has 0 aromatic heterocycles. The van der Waals surface area contributed by atoms with Crippen LogP contribution in [-0.2, 0) is 6.54 Å². The van der Waals surface area contributed by atoms with E-state index in [4.69, 9.17) is 14.2 Å². The quantitative estimate of drug-likeness (QED) is 0.936. The molecule has 0 radical (unpaired) electrons. The number of carbonyl (C=O) groups excluding carboxylic acids is 1. The lowest BCUT2D eigenvalue weighted by Crippen LogP contribution is -2.24. The number of ether oxygens (including phenoxy) is 3. The number of hydrogen-bond acceptors (Lipinski definition) is 4. The van der Waals surface area contributed by atoms with Gasteiger partial charge in [-0.1, -0.05) is 12.1 Å². The molecule has 0 atom stereocenters. The first-order valence-corrected chi connectivity index (χ1v) is 7.68. The minimum absolute atomic E-state index is 0.00538. The Morgan fingerprint density at radius 3 is 2.62 bits per heavy atom. The third kappa shape index (κ3) is 3.42. The first kappa shape index (κ1) is 16.1. The average molecular weight is 331 g/mol. The maximum absolute atomic E-state index is 13.7. The second kappa shape index (κ2) is 7.21. The summed E-state index contributed by atoms with van der Waals surface area (Å²) in [4.78, 5) is 12.1. The number of benzene rings is 2. The van der Waals surface area contributed by atoms with Crippen molar-refractivity contribution in [2.75, 3.05) is 20.3 Å². The fraction of sp³-hybridized carbons (Fsp3) is 0.278. The van der Waals surface area contributed by atoms with Crippen LogP contribution in [0.25, 0.3) is 0 Å². The van der Waals surface area contributed by atoms with Crippen LogP contribution in [0.4, 0.5) is 4.39 Å². The molecule has 1 amide bonds. The molecule has 6 heteroatoms. The van der Waals surface area contributed by atoms with Gasteiger partial charge in [-0.15, -0.1) is 0 Å². The van der Waals surface area contributed by atoms with Crippen molar-refractivity contribution in [2.45, 2.75) is 13.0 Å². The molecular formula is C18H18FNO4. The minimum Gasteiger partial charge on any atom is -0.496 e. The van der Waals surface area contributed by atoms with E-state index in [2.05, 4.69) is 5.32 Å². The number of carbonyl (C=O) groups is 1. The Labute approximate surface area is 139 Å². The fourth-order valence-electron chi connectivity index (χ4n) is 2.48. The van der Waals surface area contributed by atoms with E-state index >= 15 is 0 Å². The highest BCUT2D eigenvalue weighted by molar-refractivity contribution is 5.94. The Bertz CT molecular complexity index is 748. The summed E-state index contributed by atoms with van der Waals surface area (Å²) >= 11 is 0. The van der Waals surface area contributed by atoms with Gasteiger partial charge in [0, 0.05) is 24.6 Å². The summed E-state index contributed by atoms with van der Waals surface area (Å²) in [5, 5.41) is 2.70. The van der Waals surface area contributed by atoms with Gasteiger partial charge in [-0.3, -0.25) is 4.79 Å². The number of hydrogen-bond donors (Lipinski definition) is 1. The van der Waals surface area contributed by atoms with Crippen molar-refractivity contribution in [3.8, 4) is 17.2 Å². The zero-order chi connectivity index (χ0) is 16.9. The SMILES string of the molecule is COc1cc2c(cc1CNC(=O)c1ccccc1F)OCCCO2. The Kier molecular flexibility index (Phi) is 4.84. The lowest BCUT2D eigenvalue weighted by Gasteiger charge is -2.14. The lowest BCUT2D eigenvalue weighted by molar-refractivity contribution is 0.0946. The van der Waals surface area contributed by atoms with Crippen molar-refractivity contribution < 1.29 is 23.4 Å². The highest BCUT2D eigenvalue weighted by Gasteiger charge is 2.17. The largest absolute Gasteiger partial charge is 0.496 e. The number of methoxy groups -OCH3 is 1. The zero-order valence-electron chi connectivity index (χ0n) is 13.3. The molecule has 2 aromatic carbocycles. The highest BCUT2D eigenvalue weighted by atomic mass is 19.1. The first-order valence-electron chi connectivity index (χ1n) is 7.68. The minimum atomic E-state index is -0.555. The van der Waals surface area contributed by atoms with Crippen LogP contribution in [0.3, 0.4) is 0 Å². The van der Waals surface area contributed by atoms with E-state index in [1.807, 2.05) is 0 Å². The van der Waals surface area contributed by atoms with Crippen molar-refractivity contribution in [3.63, 3.8) is 0 Å². The van der Waals surface area contributed by atoms with Crippen LogP contribution in [0.15, 0.2) is 36.4 Å². The number of nitrogens with one attached hydrogen (secondary N) is 1. The molecule has 5 nitrogen and oxygen atoms in total. The third-order valence-electron chi connectivity index (χ3n) is 3.71. The molecule has 126 valence electrons. The molecule has 0 saturated carbocycles. The van der Waals surface area contributed by atoms with Crippen molar-refractivity contribution in [3.05, 3.63) is 53.3 Å². The van der Waals surface area contributed by atoms with Gasteiger partial charge in [0.05, 0.1) is 25.9 Å². The summed E-state index contributed by atoms with van der Waals surface area (Å²) in [6.07, 6.45) is 0.802. The van der Waals surface area contributed by atoms with E-state index in [1.165, 1.54) is 12.1 Å². The van der Waals surface area contributed by atoms with Gasteiger partial charge < -0.3 is 19.5 Å². The molecule has 0 aliphatic carbocycles. The molecule has 0 bridgehead atoms. The van der Waals surface area contributed by atoms with Gasteiger partial charge in [0.25, 0.3) is 5.91 Å². The topological polar surface area (TPSA) is 56.8 Å². The molecule has 24 heavy (non-hydrogen) atoms. The maximum atomic E-state index is 13.7. The summed E-state index contributed by atoms with van der Waals surface area (Å²) in [6.45, 7) is 1.34. The van der Waals surface area contributed by atoms with Crippen molar-refractivity contribution in [1.82, 2.24) is 5.32 Å². The molecule has 0 spiro atoms. The second-order valence-corrected chi connectivity index (χ2v) is 5.32. The molecule has 0 unspecified atom stereocenters. The summed E-state index contributed by atoms with van der Waals surface area (Å²) in [5.74, 6) is 0.771. The van der Waals surface area contributed by atoms with E-state index in [0.717, 1.165) is 12.0 Å². The number of fused-ring (bicyclic) bond motifs is 1. The number of halogens is 1. The van der Waals surface area contributed by atoms with E-state index in [9.17, 15) is 9.18 Å². The number of rotatable bonds is 4. The molecule has 1 N–H and O–H groups in total. The van der Waals surface area contributed by atoms with Gasteiger partial charge in [-0.25, -0.2) is 4.39 Å². The van der Waals surface area contributed by atoms with E-state index < -0.39 is 11.7 Å². The van der Waals surface area contributed by atoms with Crippen molar-refractivity contribution in [1.29, 1.82) is 0 Å². The normalized spacial score (nSPS) is 13.1. The molecule has 1 heterocycles. The van der Waals surface area contributed by atoms with Gasteiger partial charge in [-0.2, -0.15) is 0 Å². The molecule has 1 aliphatic rings. The maximum Gasteiger partial charge on any atom is 0.254 e. The van der Waals surface area contributed by atoms with Crippen LogP contribution >= 0.6 is 0 Å². The first-order chi connectivity index (χ1) is 11.7. The van der Waals surface area contributed by atoms with E-state index in [-0.39, 0.29) is 12.1 Å². The Hall–Kier alpha value is -2.76. The highest BCUT2D eigenvalue weighted by Crippen LogP contribution is 2.36. The molecule has 1 aliphatic heterocycles. The number of amides is 1. The predicted octanol–water partition coefficient (Wildman–Crippen LogP) is 2.93. The third-order valence-corrected chi connectivity index (χ3v) is 3.71. The van der Waals surface area contributed by atoms with Gasteiger partial charge in [-0.05, 0) is 18.2 Å². The van der Waals surface area contributed by atoms with Crippen LogP contribution in [0, 0.1) is 5.82 Å². The van der Waals surface area contributed by atoms with Crippen molar-refractivity contribution >= 4 is 5.91 Å². The van der Waals surface area contributed by atoms with Gasteiger partial charge in [0.2, 0.25) is 0 Å². The molecule has 3 rings (SSSR count). The van der Waals surface area contributed by atoms with Crippen LogP contribution < -0.4 is 19.5 Å². The smallest absolute Gasteiger partial charge is 0.254 e. The Morgan fingerprint density at radius 2 is 1.92 bits per heavy atom. The van der Waals surface area contributed by atoms with Crippen molar-refractivity contribution in [2.24, 2.45) is 0 Å². The van der Waals surface area contributed by atoms with Crippen LogP contribution in [0.2, 0.25) is 0 Å². The van der Waals surface area contributed by atoms with Crippen LogP contribution in [0.5, 0.6) is 17.2 Å².